The number of carbonyl (C=O) groups is 1. The van der Waals surface area contributed by atoms with Crippen LogP contribution in [0.1, 0.15) is 25.2 Å². The summed E-state index contributed by atoms with van der Waals surface area (Å²) in [6.07, 6.45) is -1.14. The normalized spacial score (nSPS) is 15.9. The van der Waals surface area contributed by atoms with Gasteiger partial charge in [-0.3, -0.25) is 9.32 Å². The number of benzene rings is 1. The molecule has 0 aliphatic carbocycles. The molecule has 94 valence electrons. The summed E-state index contributed by atoms with van der Waals surface area (Å²) in [5.41, 5.74) is 5.33. The molecule has 0 spiro atoms. The number of hydrogen-bond donors (Lipinski definition) is 2. The number of ether oxygens (including phenoxy) is 1. The quantitative estimate of drug-likeness (QED) is 0.474. The molecule has 1 aromatic rings. The number of esters is 1. The molecular formula is C10H14NO5P. The van der Waals surface area contributed by atoms with Crippen LogP contribution in [0.2, 0.25) is 0 Å². The van der Waals surface area contributed by atoms with Crippen LogP contribution in [0.4, 0.5) is 0 Å². The van der Waals surface area contributed by atoms with E-state index in [4.69, 9.17) is 15.1 Å². The summed E-state index contributed by atoms with van der Waals surface area (Å²) in [6.45, 7) is 1.60. The van der Waals surface area contributed by atoms with E-state index in [1.165, 1.54) is 0 Å². The molecule has 0 radical (unpaired) electrons. The Morgan fingerprint density at radius 1 is 1.47 bits per heavy atom. The first-order valence-electron chi connectivity index (χ1n) is 4.96. The van der Waals surface area contributed by atoms with E-state index in [0.717, 1.165) is 0 Å². The van der Waals surface area contributed by atoms with Crippen LogP contribution in [-0.4, -0.2) is 10.9 Å². The van der Waals surface area contributed by atoms with Crippen molar-refractivity contribution in [3.8, 4) is 0 Å². The molecule has 0 saturated heterocycles. The molecule has 0 heterocycles. The molecule has 1 aromatic carbocycles. The third-order valence-corrected chi connectivity index (χ3v) is 2.34. The lowest BCUT2D eigenvalue weighted by Gasteiger charge is -2.19. The average molecular weight is 259 g/mol. The predicted octanol–water partition coefficient (Wildman–Crippen LogP) is 1.71. The first-order chi connectivity index (χ1) is 7.92. The van der Waals surface area contributed by atoms with Gasteiger partial charge in [0.25, 0.3) is 0 Å². The van der Waals surface area contributed by atoms with Gasteiger partial charge in [-0.05, 0) is 0 Å². The summed E-state index contributed by atoms with van der Waals surface area (Å²) in [7, 11) is -4.23. The Morgan fingerprint density at radius 3 is 2.53 bits per heavy atom. The fraction of sp³-hybridized carbons (Fsp3) is 0.300. The maximum absolute atomic E-state index is 11.2. The van der Waals surface area contributed by atoms with Gasteiger partial charge in [-0.1, -0.05) is 37.3 Å². The Bertz CT molecular complexity index is 416. The zero-order valence-corrected chi connectivity index (χ0v) is 10.2. The topological polar surface area (TPSA) is 98.9 Å². The van der Waals surface area contributed by atoms with E-state index in [0.29, 0.717) is 5.56 Å². The lowest BCUT2D eigenvalue weighted by atomic mass is 10.2. The third-order valence-electron chi connectivity index (χ3n) is 1.85. The minimum Gasteiger partial charge on any atom is -0.431 e. The molecule has 2 atom stereocenters. The van der Waals surface area contributed by atoms with Crippen LogP contribution >= 0.6 is 7.75 Å². The van der Waals surface area contributed by atoms with Crippen molar-refractivity contribution in [1.29, 1.82) is 0 Å². The Hall–Kier alpha value is -1.20. The van der Waals surface area contributed by atoms with Crippen LogP contribution in [0.25, 0.3) is 0 Å². The van der Waals surface area contributed by atoms with Gasteiger partial charge < -0.3 is 9.63 Å². The maximum atomic E-state index is 11.2. The summed E-state index contributed by atoms with van der Waals surface area (Å²) in [4.78, 5) is 20.1. The Morgan fingerprint density at radius 2 is 2.06 bits per heavy atom. The second-order valence-corrected chi connectivity index (χ2v) is 4.59. The zero-order chi connectivity index (χ0) is 12.9. The highest BCUT2D eigenvalue weighted by Gasteiger charge is 2.24. The maximum Gasteiger partial charge on any atom is 0.403 e. The highest BCUT2D eigenvalue weighted by Crippen LogP contribution is 2.39. The minimum atomic E-state index is -4.23. The van der Waals surface area contributed by atoms with Gasteiger partial charge in [0.1, 0.15) is 0 Å². The summed E-state index contributed by atoms with van der Waals surface area (Å²) < 4.78 is 20.5. The first kappa shape index (κ1) is 13.9. The largest absolute Gasteiger partial charge is 0.431 e. The lowest BCUT2D eigenvalue weighted by Crippen LogP contribution is -2.14. The van der Waals surface area contributed by atoms with E-state index in [-0.39, 0.29) is 6.42 Å². The Labute approximate surface area is 98.9 Å². The number of hydrogen-bond acceptors (Lipinski definition) is 4. The standard InChI is InChI=1S/C10H14NO5P/c1-2-9(12)15-10(16-17(11,13)14)8-6-4-3-5-7-8/h3-7,10H,2H2,1H3,(H3,11,13,14). The van der Waals surface area contributed by atoms with E-state index in [2.05, 4.69) is 4.52 Å². The zero-order valence-electron chi connectivity index (χ0n) is 9.28. The van der Waals surface area contributed by atoms with E-state index in [9.17, 15) is 9.36 Å². The van der Waals surface area contributed by atoms with Gasteiger partial charge in [-0.25, -0.2) is 10.1 Å². The second kappa shape index (κ2) is 5.93. The molecule has 6 nitrogen and oxygen atoms in total. The van der Waals surface area contributed by atoms with Gasteiger partial charge in [0.15, 0.2) is 0 Å². The molecule has 7 heteroatoms. The molecule has 3 N–H and O–H groups in total. The van der Waals surface area contributed by atoms with Gasteiger partial charge >= 0.3 is 13.7 Å². The smallest absolute Gasteiger partial charge is 0.403 e. The van der Waals surface area contributed by atoms with E-state index >= 15 is 0 Å². The summed E-state index contributed by atoms with van der Waals surface area (Å²) in [5, 5.41) is 0. The van der Waals surface area contributed by atoms with Crippen molar-refractivity contribution < 1.29 is 23.5 Å². The fourth-order valence-electron chi connectivity index (χ4n) is 1.10. The average Bonchev–Trinajstić information content (AvgIpc) is 2.27. The molecule has 0 aliphatic rings. The van der Waals surface area contributed by atoms with Crippen LogP contribution < -0.4 is 5.50 Å². The minimum absolute atomic E-state index is 0.132. The van der Waals surface area contributed by atoms with E-state index in [1.54, 1.807) is 37.3 Å². The Kier molecular flexibility index (Phi) is 4.84. The molecule has 0 bridgehead atoms. The van der Waals surface area contributed by atoms with Gasteiger partial charge in [-0.15, -0.1) is 0 Å². The highest BCUT2D eigenvalue weighted by molar-refractivity contribution is 7.50. The van der Waals surface area contributed by atoms with Gasteiger partial charge in [0.05, 0.1) is 0 Å². The Balaban J connectivity index is 2.87. The summed E-state index contributed by atoms with van der Waals surface area (Å²) in [6, 6.07) is 8.32. The SMILES string of the molecule is CCC(=O)OC(OP(N)(=O)O)c1ccccc1. The van der Waals surface area contributed by atoms with Gasteiger partial charge in [0.2, 0.25) is 6.29 Å². The summed E-state index contributed by atoms with van der Waals surface area (Å²) in [5.74, 6) is -0.549. The number of rotatable bonds is 5. The molecule has 0 amide bonds. The highest BCUT2D eigenvalue weighted by atomic mass is 31.2. The van der Waals surface area contributed by atoms with Crippen molar-refractivity contribution >= 4 is 13.7 Å². The van der Waals surface area contributed by atoms with Gasteiger partial charge in [-0.2, -0.15) is 0 Å². The van der Waals surface area contributed by atoms with Crippen LogP contribution in [-0.2, 0) is 18.6 Å². The molecule has 0 aliphatic heterocycles. The van der Waals surface area contributed by atoms with Crippen LogP contribution in [0.5, 0.6) is 0 Å². The van der Waals surface area contributed by atoms with Gasteiger partial charge in [0, 0.05) is 12.0 Å². The van der Waals surface area contributed by atoms with Crippen LogP contribution in [0.15, 0.2) is 30.3 Å². The van der Waals surface area contributed by atoms with Crippen molar-refractivity contribution in [2.75, 3.05) is 0 Å². The van der Waals surface area contributed by atoms with E-state index < -0.39 is 20.0 Å². The number of nitrogens with two attached hydrogens (primary N) is 1. The van der Waals surface area contributed by atoms with Crippen molar-refractivity contribution in [3.05, 3.63) is 35.9 Å². The molecule has 17 heavy (non-hydrogen) atoms. The van der Waals surface area contributed by atoms with Crippen molar-refractivity contribution in [3.63, 3.8) is 0 Å². The van der Waals surface area contributed by atoms with Crippen molar-refractivity contribution in [2.24, 2.45) is 5.50 Å². The monoisotopic (exact) mass is 259 g/mol. The van der Waals surface area contributed by atoms with Crippen LogP contribution in [0, 0.1) is 0 Å². The molecule has 2 unspecified atom stereocenters. The predicted molar refractivity (Wildman–Crippen MR) is 60.7 cm³/mol. The number of carbonyl (C=O) groups excluding carboxylic acids is 1. The molecule has 0 saturated carbocycles. The molecular weight excluding hydrogens is 245 g/mol. The van der Waals surface area contributed by atoms with Crippen molar-refractivity contribution in [2.45, 2.75) is 19.6 Å². The molecule has 1 rings (SSSR count). The third kappa shape index (κ3) is 5.10. The second-order valence-electron chi connectivity index (χ2n) is 3.26. The molecule has 0 fully saturated rings. The van der Waals surface area contributed by atoms with Crippen molar-refractivity contribution in [1.82, 2.24) is 0 Å². The summed E-state index contributed by atoms with van der Waals surface area (Å²) >= 11 is 0. The lowest BCUT2D eigenvalue weighted by molar-refractivity contribution is -0.165. The first-order valence-corrected chi connectivity index (χ1v) is 6.61. The van der Waals surface area contributed by atoms with Crippen LogP contribution in [0.3, 0.4) is 0 Å². The van der Waals surface area contributed by atoms with E-state index in [1.807, 2.05) is 0 Å². The fourth-order valence-corrected chi connectivity index (χ4v) is 1.54. The molecule has 0 aromatic heterocycles.